The normalized spacial score (nSPS) is 14.1. The Hall–Kier alpha value is -1.24. The Morgan fingerprint density at radius 3 is 2.67 bits per heavy atom. The van der Waals surface area contributed by atoms with Gasteiger partial charge < -0.3 is 10.4 Å². The van der Waals surface area contributed by atoms with Crippen LogP contribution < -0.4 is 5.32 Å². The van der Waals surface area contributed by atoms with E-state index in [9.17, 15) is 5.11 Å². The summed E-state index contributed by atoms with van der Waals surface area (Å²) in [6.07, 6.45) is -0.490. The van der Waals surface area contributed by atoms with Gasteiger partial charge in [-0.25, -0.2) is 0 Å². The van der Waals surface area contributed by atoms with Crippen LogP contribution in [-0.2, 0) is 0 Å². The molecule has 80 valence electrons. The van der Waals surface area contributed by atoms with Gasteiger partial charge >= 0.3 is 0 Å². The van der Waals surface area contributed by atoms with Crippen LogP contribution in [0.25, 0.3) is 0 Å². The van der Waals surface area contributed by atoms with Gasteiger partial charge in [0.25, 0.3) is 0 Å². The zero-order valence-electron chi connectivity index (χ0n) is 8.66. The molecule has 0 saturated heterocycles. The van der Waals surface area contributed by atoms with Gasteiger partial charge in [-0.1, -0.05) is 11.6 Å². The fourth-order valence-corrected chi connectivity index (χ4v) is 1.27. The average molecular weight is 225 g/mol. The highest BCUT2D eigenvalue weighted by atomic mass is 35.5. The minimum Gasteiger partial charge on any atom is -0.391 e. The van der Waals surface area contributed by atoms with E-state index >= 15 is 0 Å². The van der Waals surface area contributed by atoms with E-state index < -0.39 is 6.10 Å². The van der Waals surface area contributed by atoms with Crippen molar-refractivity contribution in [2.24, 2.45) is 0 Å². The van der Waals surface area contributed by atoms with Crippen LogP contribution in [-0.4, -0.2) is 17.3 Å². The number of nitriles is 1. The summed E-state index contributed by atoms with van der Waals surface area (Å²) in [7, 11) is 0. The highest BCUT2D eigenvalue weighted by Gasteiger charge is 2.10. The first-order valence-electron chi connectivity index (χ1n) is 4.69. The maximum Gasteiger partial charge on any atom is 0.101 e. The molecule has 2 atom stereocenters. The second-order valence-electron chi connectivity index (χ2n) is 3.48. The highest BCUT2D eigenvalue weighted by molar-refractivity contribution is 6.30. The molecule has 1 aromatic carbocycles. The lowest BCUT2D eigenvalue weighted by atomic mass is 10.1. The first-order valence-corrected chi connectivity index (χ1v) is 5.06. The summed E-state index contributed by atoms with van der Waals surface area (Å²) in [5.74, 6) is 0. The molecule has 2 unspecified atom stereocenters. The molecule has 15 heavy (non-hydrogen) atoms. The summed E-state index contributed by atoms with van der Waals surface area (Å²) in [5.41, 5.74) is 1.17. The lowest BCUT2D eigenvalue weighted by Gasteiger charge is -2.18. The van der Waals surface area contributed by atoms with Gasteiger partial charge in [-0.15, -0.1) is 0 Å². The lowest BCUT2D eigenvalue weighted by Crippen LogP contribution is -2.28. The molecule has 1 aromatic rings. The maximum absolute atomic E-state index is 9.34. The number of aliphatic hydroxyl groups is 1. The summed E-state index contributed by atoms with van der Waals surface area (Å²) in [6, 6.07) is 6.93. The van der Waals surface area contributed by atoms with E-state index in [2.05, 4.69) is 11.4 Å². The third kappa shape index (κ3) is 3.12. The molecule has 0 amide bonds. The molecule has 0 aliphatic rings. The fraction of sp³-hybridized carbons (Fsp3) is 0.364. The topological polar surface area (TPSA) is 56.0 Å². The maximum atomic E-state index is 9.34. The molecule has 0 radical (unpaired) electrons. The molecule has 0 aliphatic carbocycles. The third-order valence-corrected chi connectivity index (χ3v) is 2.44. The van der Waals surface area contributed by atoms with E-state index in [0.717, 1.165) is 0 Å². The Bertz CT molecular complexity index is 385. The van der Waals surface area contributed by atoms with Crippen molar-refractivity contribution in [3.8, 4) is 6.07 Å². The number of nitrogens with zero attached hydrogens (tertiary/aromatic N) is 1. The smallest absolute Gasteiger partial charge is 0.101 e. The highest BCUT2D eigenvalue weighted by Crippen LogP contribution is 2.21. The number of hydrogen-bond acceptors (Lipinski definition) is 3. The largest absolute Gasteiger partial charge is 0.391 e. The standard InChI is InChI=1S/C11H13ClN2O/c1-7(8(2)15)14-11-5-10(12)4-3-9(11)6-13/h3-5,7-8,14-15H,1-2H3. The number of anilines is 1. The van der Waals surface area contributed by atoms with Gasteiger partial charge in [0.2, 0.25) is 0 Å². The van der Waals surface area contributed by atoms with Gasteiger partial charge in [-0.05, 0) is 32.0 Å². The molecule has 0 saturated carbocycles. The van der Waals surface area contributed by atoms with Crippen LogP contribution in [0.5, 0.6) is 0 Å². The number of hydrogen-bond donors (Lipinski definition) is 2. The SMILES string of the molecule is CC(O)C(C)Nc1cc(Cl)ccc1C#N. The van der Waals surface area contributed by atoms with Crippen molar-refractivity contribution >= 4 is 17.3 Å². The van der Waals surface area contributed by atoms with Gasteiger partial charge in [-0.3, -0.25) is 0 Å². The summed E-state index contributed by atoms with van der Waals surface area (Å²) in [6.45, 7) is 3.53. The monoisotopic (exact) mass is 224 g/mol. The zero-order valence-corrected chi connectivity index (χ0v) is 9.42. The van der Waals surface area contributed by atoms with Crippen molar-refractivity contribution in [1.82, 2.24) is 0 Å². The summed E-state index contributed by atoms with van der Waals surface area (Å²) < 4.78 is 0. The van der Waals surface area contributed by atoms with E-state index in [1.807, 2.05) is 6.92 Å². The Morgan fingerprint density at radius 2 is 2.13 bits per heavy atom. The fourth-order valence-electron chi connectivity index (χ4n) is 1.10. The molecule has 0 fully saturated rings. The van der Waals surface area contributed by atoms with Crippen LogP contribution >= 0.6 is 11.6 Å². The second kappa shape index (κ2) is 5.01. The van der Waals surface area contributed by atoms with Crippen molar-refractivity contribution in [3.63, 3.8) is 0 Å². The molecule has 0 aromatic heterocycles. The van der Waals surface area contributed by atoms with E-state index in [4.69, 9.17) is 16.9 Å². The molecule has 3 nitrogen and oxygen atoms in total. The Labute approximate surface area is 94.3 Å². The van der Waals surface area contributed by atoms with Crippen LogP contribution in [0.3, 0.4) is 0 Å². The van der Waals surface area contributed by atoms with Crippen LogP contribution in [0.2, 0.25) is 5.02 Å². The molecule has 2 N–H and O–H groups in total. The zero-order chi connectivity index (χ0) is 11.4. The Balaban J connectivity index is 2.93. The second-order valence-corrected chi connectivity index (χ2v) is 3.91. The molecular formula is C11H13ClN2O. The van der Waals surface area contributed by atoms with Gasteiger partial charge in [0.15, 0.2) is 0 Å². The van der Waals surface area contributed by atoms with Crippen molar-refractivity contribution in [1.29, 1.82) is 5.26 Å². The van der Waals surface area contributed by atoms with Gasteiger partial charge in [-0.2, -0.15) is 5.26 Å². The first kappa shape index (κ1) is 11.8. The van der Waals surface area contributed by atoms with Gasteiger partial charge in [0.05, 0.1) is 17.4 Å². The number of aliphatic hydroxyl groups excluding tert-OH is 1. The summed E-state index contributed by atoms with van der Waals surface area (Å²) in [4.78, 5) is 0. The summed E-state index contributed by atoms with van der Waals surface area (Å²) in [5, 5.41) is 21.8. The third-order valence-electron chi connectivity index (χ3n) is 2.21. The molecule has 0 aliphatic heterocycles. The molecule has 0 bridgehead atoms. The van der Waals surface area contributed by atoms with Crippen molar-refractivity contribution in [3.05, 3.63) is 28.8 Å². The molecule has 0 heterocycles. The molecular weight excluding hydrogens is 212 g/mol. The van der Waals surface area contributed by atoms with E-state index in [1.165, 1.54) is 0 Å². The first-order chi connectivity index (χ1) is 7.04. The molecule has 4 heteroatoms. The minimum atomic E-state index is -0.490. The summed E-state index contributed by atoms with van der Waals surface area (Å²) >= 11 is 5.82. The van der Waals surface area contributed by atoms with Gasteiger partial charge in [0.1, 0.15) is 6.07 Å². The quantitative estimate of drug-likeness (QED) is 0.829. The number of nitrogens with one attached hydrogen (secondary N) is 1. The van der Waals surface area contributed by atoms with Gasteiger partial charge in [0, 0.05) is 11.1 Å². The van der Waals surface area contributed by atoms with E-state index in [-0.39, 0.29) is 6.04 Å². The van der Waals surface area contributed by atoms with E-state index in [1.54, 1.807) is 25.1 Å². The average Bonchev–Trinajstić information content (AvgIpc) is 2.18. The van der Waals surface area contributed by atoms with Crippen LogP contribution in [0.1, 0.15) is 19.4 Å². The van der Waals surface area contributed by atoms with Crippen LogP contribution in [0.15, 0.2) is 18.2 Å². The van der Waals surface area contributed by atoms with Crippen LogP contribution in [0, 0.1) is 11.3 Å². The number of halogens is 1. The predicted molar refractivity (Wildman–Crippen MR) is 60.9 cm³/mol. The van der Waals surface area contributed by atoms with Crippen LogP contribution in [0.4, 0.5) is 5.69 Å². The van der Waals surface area contributed by atoms with Crippen molar-refractivity contribution in [2.45, 2.75) is 26.0 Å². The Morgan fingerprint density at radius 1 is 1.47 bits per heavy atom. The Kier molecular flexibility index (Phi) is 3.96. The van der Waals surface area contributed by atoms with Crippen molar-refractivity contribution < 1.29 is 5.11 Å². The molecule has 0 spiro atoms. The van der Waals surface area contributed by atoms with E-state index in [0.29, 0.717) is 16.3 Å². The number of benzene rings is 1. The molecule has 1 rings (SSSR count). The predicted octanol–water partition coefficient (Wildman–Crippen LogP) is 2.39. The number of rotatable bonds is 3. The van der Waals surface area contributed by atoms with Crippen molar-refractivity contribution in [2.75, 3.05) is 5.32 Å². The lowest BCUT2D eigenvalue weighted by molar-refractivity contribution is 0.178. The minimum absolute atomic E-state index is 0.129.